The molecule has 1 rings (SSSR count). The second-order valence-corrected chi connectivity index (χ2v) is 6.38. The minimum absolute atomic E-state index is 0.103. The molecule has 0 saturated heterocycles. The zero-order valence-corrected chi connectivity index (χ0v) is 12.4. The second-order valence-electron chi connectivity index (χ2n) is 5.21. The Bertz CT molecular complexity index is 342. The van der Waals surface area contributed by atoms with E-state index < -0.39 is 0 Å². The summed E-state index contributed by atoms with van der Waals surface area (Å²) in [4.78, 5) is 6.05. The highest BCUT2D eigenvalue weighted by Crippen LogP contribution is 2.29. The van der Waals surface area contributed by atoms with E-state index in [4.69, 9.17) is 9.72 Å². The van der Waals surface area contributed by atoms with Crippen LogP contribution in [0.15, 0.2) is 0 Å². The maximum Gasteiger partial charge on any atom is 0.119 e. The van der Waals surface area contributed by atoms with E-state index in [0.717, 1.165) is 24.6 Å². The van der Waals surface area contributed by atoms with Crippen LogP contribution in [-0.4, -0.2) is 18.6 Å². The Morgan fingerprint density at radius 1 is 1.35 bits per heavy atom. The third kappa shape index (κ3) is 4.37. The molecule has 3 nitrogen and oxygen atoms in total. The lowest BCUT2D eigenvalue weighted by Crippen LogP contribution is -2.16. The van der Waals surface area contributed by atoms with Gasteiger partial charge in [-0.15, -0.1) is 11.3 Å². The molecule has 0 radical (unpaired) electrons. The summed E-state index contributed by atoms with van der Waals surface area (Å²) in [5.41, 5.74) is 1.30. The molecule has 17 heavy (non-hydrogen) atoms. The van der Waals surface area contributed by atoms with E-state index in [1.807, 2.05) is 7.05 Å². The van der Waals surface area contributed by atoms with Crippen LogP contribution in [0, 0.1) is 0 Å². The molecule has 98 valence electrons. The van der Waals surface area contributed by atoms with Crippen molar-refractivity contribution in [3.8, 4) is 0 Å². The molecule has 0 unspecified atom stereocenters. The summed E-state index contributed by atoms with van der Waals surface area (Å²) in [6.45, 7) is 11.1. The first-order valence-corrected chi connectivity index (χ1v) is 7.02. The van der Waals surface area contributed by atoms with Crippen molar-refractivity contribution in [1.82, 2.24) is 10.3 Å². The minimum Gasteiger partial charge on any atom is -0.374 e. The summed E-state index contributed by atoms with van der Waals surface area (Å²) >= 11 is 1.76. The van der Waals surface area contributed by atoms with Gasteiger partial charge in [-0.3, -0.25) is 0 Å². The van der Waals surface area contributed by atoms with Crippen molar-refractivity contribution in [2.75, 3.05) is 13.7 Å². The monoisotopic (exact) mass is 256 g/mol. The van der Waals surface area contributed by atoms with Crippen molar-refractivity contribution < 1.29 is 4.74 Å². The fraction of sp³-hybridized carbons (Fsp3) is 0.769. The van der Waals surface area contributed by atoms with E-state index in [2.05, 4.69) is 33.0 Å². The Labute approximate surface area is 109 Å². The molecule has 0 atom stereocenters. The molecule has 1 aromatic rings. The lowest BCUT2D eigenvalue weighted by atomic mass is 9.91. The predicted molar refractivity (Wildman–Crippen MR) is 73.5 cm³/mol. The molecule has 0 saturated carbocycles. The van der Waals surface area contributed by atoms with Crippen molar-refractivity contribution in [3.63, 3.8) is 0 Å². The molecule has 0 aromatic carbocycles. The zero-order valence-electron chi connectivity index (χ0n) is 11.6. The van der Waals surface area contributed by atoms with Gasteiger partial charge < -0.3 is 10.1 Å². The zero-order chi connectivity index (χ0) is 12.9. The van der Waals surface area contributed by atoms with Gasteiger partial charge in [0.25, 0.3) is 0 Å². The van der Waals surface area contributed by atoms with Gasteiger partial charge in [0.05, 0.1) is 12.3 Å². The van der Waals surface area contributed by atoms with Crippen LogP contribution in [0.1, 0.15) is 49.7 Å². The van der Waals surface area contributed by atoms with Gasteiger partial charge in [0.1, 0.15) is 5.01 Å². The molecular weight excluding hydrogens is 232 g/mol. The molecular formula is C13H24N2OS. The smallest absolute Gasteiger partial charge is 0.119 e. The lowest BCUT2D eigenvalue weighted by Gasteiger charge is -2.17. The SMILES string of the molecule is CCCOCc1nc(C(C)(C)C)c(CNC)s1. The Morgan fingerprint density at radius 2 is 2.06 bits per heavy atom. The average molecular weight is 256 g/mol. The van der Waals surface area contributed by atoms with Crippen molar-refractivity contribution in [2.45, 2.75) is 52.7 Å². The molecule has 0 aliphatic carbocycles. The highest BCUT2D eigenvalue weighted by Gasteiger charge is 2.22. The van der Waals surface area contributed by atoms with Gasteiger partial charge in [0.15, 0.2) is 0 Å². The highest BCUT2D eigenvalue weighted by molar-refractivity contribution is 7.11. The van der Waals surface area contributed by atoms with E-state index in [0.29, 0.717) is 6.61 Å². The van der Waals surface area contributed by atoms with Gasteiger partial charge in [0, 0.05) is 23.4 Å². The summed E-state index contributed by atoms with van der Waals surface area (Å²) in [5, 5.41) is 4.30. The first kappa shape index (κ1) is 14.6. The van der Waals surface area contributed by atoms with E-state index in [-0.39, 0.29) is 5.41 Å². The number of nitrogens with one attached hydrogen (secondary N) is 1. The summed E-state index contributed by atoms with van der Waals surface area (Å²) < 4.78 is 5.56. The van der Waals surface area contributed by atoms with Crippen LogP contribution in [0.2, 0.25) is 0 Å². The average Bonchev–Trinajstić information content (AvgIpc) is 2.62. The van der Waals surface area contributed by atoms with E-state index in [9.17, 15) is 0 Å². The number of ether oxygens (including phenoxy) is 1. The Kier molecular flexibility index (Phi) is 5.56. The van der Waals surface area contributed by atoms with Gasteiger partial charge in [-0.25, -0.2) is 4.98 Å². The van der Waals surface area contributed by atoms with Crippen LogP contribution < -0.4 is 5.32 Å². The summed E-state index contributed by atoms with van der Waals surface area (Å²) in [6.07, 6.45) is 1.06. The molecule has 0 fully saturated rings. The molecule has 0 aliphatic heterocycles. The number of nitrogens with zero attached hydrogens (tertiary/aromatic N) is 1. The molecule has 0 bridgehead atoms. The van der Waals surface area contributed by atoms with Crippen LogP contribution >= 0.6 is 11.3 Å². The van der Waals surface area contributed by atoms with Crippen molar-refractivity contribution in [1.29, 1.82) is 0 Å². The fourth-order valence-corrected chi connectivity index (χ4v) is 2.86. The first-order valence-electron chi connectivity index (χ1n) is 6.20. The van der Waals surface area contributed by atoms with E-state index >= 15 is 0 Å². The van der Waals surface area contributed by atoms with Gasteiger partial charge in [-0.2, -0.15) is 0 Å². The molecule has 1 aromatic heterocycles. The predicted octanol–water partition coefficient (Wildman–Crippen LogP) is 3.09. The standard InChI is InChI=1S/C13H24N2OS/c1-6-7-16-9-11-15-12(13(2,3)4)10(17-11)8-14-5/h14H,6-9H2,1-5H3. The molecule has 0 amide bonds. The Hall–Kier alpha value is -0.450. The van der Waals surface area contributed by atoms with Gasteiger partial charge >= 0.3 is 0 Å². The minimum atomic E-state index is 0.103. The van der Waals surface area contributed by atoms with E-state index in [1.165, 1.54) is 10.6 Å². The van der Waals surface area contributed by atoms with Crippen molar-refractivity contribution in [3.05, 3.63) is 15.6 Å². The molecule has 1 N–H and O–H groups in total. The summed E-state index contributed by atoms with van der Waals surface area (Å²) in [6, 6.07) is 0. The molecule has 0 aliphatic rings. The maximum absolute atomic E-state index is 5.56. The van der Waals surface area contributed by atoms with Gasteiger partial charge in [-0.1, -0.05) is 27.7 Å². The van der Waals surface area contributed by atoms with Gasteiger partial charge in [0.2, 0.25) is 0 Å². The number of hydrogen-bond acceptors (Lipinski definition) is 4. The largest absolute Gasteiger partial charge is 0.374 e. The number of aromatic nitrogens is 1. The van der Waals surface area contributed by atoms with Crippen LogP contribution in [0.5, 0.6) is 0 Å². The highest BCUT2D eigenvalue weighted by atomic mass is 32.1. The molecule has 1 heterocycles. The normalized spacial score (nSPS) is 12.1. The van der Waals surface area contributed by atoms with Crippen LogP contribution in [0.3, 0.4) is 0 Å². The van der Waals surface area contributed by atoms with Crippen molar-refractivity contribution >= 4 is 11.3 Å². The van der Waals surface area contributed by atoms with Crippen molar-refractivity contribution in [2.24, 2.45) is 0 Å². The quantitative estimate of drug-likeness (QED) is 0.794. The Morgan fingerprint density at radius 3 is 2.59 bits per heavy atom. The van der Waals surface area contributed by atoms with E-state index in [1.54, 1.807) is 11.3 Å². The third-order valence-electron chi connectivity index (χ3n) is 2.36. The fourth-order valence-electron chi connectivity index (χ4n) is 1.63. The maximum atomic E-state index is 5.56. The number of rotatable bonds is 6. The third-order valence-corrected chi connectivity index (χ3v) is 3.39. The second kappa shape index (κ2) is 6.47. The van der Waals surface area contributed by atoms with Crippen LogP contribution in [0.25, 0.3) is 0 Å². The lowest BCUT2D eigenvalue weighted by molar-refractivity contribution is 0.121. The molecule has 0 spiro atoms. The molecule has 4 heteroatoms. The van der Waals surface area contributed by atoms with Crippen LogP contribution in [-0.2, 0) is 23.3 Å². The summed E-state index contributed by atoms with van der Waals surface area (Å²) in [5.74, 6) is 0. The number of thiazole rings is 1. The Balaban J connectivity index is 2.80. The summed E-state index contributed by atoms with van der Waals surface area (Å²) in [7, 11) is 1.97. The van der Waals surface area contributed by atoms with Crippen LogP contribution in [0.4, 0.5) is 0 Å². The topological polar surface area (TPSA) is 34.1 Å². The first-order chi connectivity index (χ1) is 7.99. The number of hydrogen-bond donors (Lipinski definition) is 1. The van der Waals surface area contributed by atoms with Gasteiger partial charge in [-0.05, 0) is 13.5 Å².